The summed E-state index contributed by atoms with van der Waals surface area (Å²) < 4.78 is 2.38. The Morgan fingerprint density at radius 1 is 0.333 bits per heavy atom. The smallest absolute Gasteiger partial charge is 0.0547 e. The molecule has 0 radical (unpaired) electrons. The van der Waals surface area contributed by atoms with Crippen molar-refractivity contribution in [2.24, 2.45) is 0 Å². The summed E-state index contributed by atoms with van der Waals surface area (Å²) >= 11 is 0. The van der Waals surface area contributed by atoms with E-state index < -0.39 is 0 Å². The predicted octanol–water partition coefficient (Wildman–Crippen LogP) is 12.7. The maximum absolute atomic E-state index is 2.39. The van der Waals surface area contributed by atoms with Crippen molar-refractivity contribution in [3.8, 4) is 27.9 Å². The minimum absolute atomic E-state index is 1.11. The molecule has 0 aliphatic heterocycles. The van der Waals surface area contributed by atoms with Gasteiger partial charge in [-0.1, -0.05) is 140 Å². The van der Waals surface area contributed by atoms with Gasteiger partial charge in [-0.15, -0.1) is 0 Å². The second-order valence-corrected chi connectivity index (χ2v) is 12.2. The molecule has 0 amide bonds. The topological polar surface area (TPSA) is 8.17 Å². The average molecular weight is 613 g/mol. The van der Waals surface area contributed by atoms with Gasteiger partial charge in [-0.2, -0.15) is 0 Å². The van der Waals surface area contributed by atoms with Crippen molar-refractivity contribution in [2.45, 2.75) is 0 Å². The Balaban J connectivity index is 1.21. The zero-order valence-electron chi connectivity index (χ0n) is 26.4. The number of rotatable bonds is 6. The average Bonchev–Trinajstić information content (AvgIpc) is 3.50. The standard InChI is InChI=1S/C46H32N2/c1-3-13-33(14-4-1)34-25-28-39(29-26-34)47(44-24-12-16-35-15-7-8-21-41(35)44)40-20-11-17-36(31-40)37-27-30-43-42-22-9-10-23-45(42)48(46(43)32-37)38-18-5-2-6-19-38/h1-32H. The molecule has 2 nitrogen and oxygen atoms in total. The van der Waals surface area contributed by atoms with Gasteiger partial charge in [0.25, 0.3) is 0 Å². The van der Waals surface area contributed by atoms with Gasteiger partial charge in [0.2, 0.25) is 0 Å². The third kappa shape index (κ3) is 4.83. The first-order valence-electron chi connectivity index (χ1n) is 16.4. The summed E-state index contributed by atoms with van der Waals surface area (Å²) in [7, 11) is 0. The van der Waals surface area contributed by atoms with E-state index in [0.29, 0.717) is 0 Å². The van der Waals surface area contributed by atoms with Gasteiger partial charge < -0.3 is 9.47 Å². The number of para-hydroxylation sites is 2. The van der Waals surface area contributed by atoms with Crippen LogP contribution in [0.5, 0.6) is 0 Å². The first-order valence-corrected chi connectivity index (χ1v) is 16.4. The van der Waals surface area contributed by atoms with Crippen LogP contribution in [0.1, 0.15) is 0 Å². The summed E-state index contributed by atoms with van der Waals surface area (Å²) in [6, 6.07) is 69.9. The van der Waals surface area contributed by atoms with Crippen molar-refractivity contribution in [2.75, 3.05) is 4.90 Å². The Morgan fingerprint density at radius 2 is 0.917 bits per heavy atom. The second-order valence-electron chi connectivity index (χ2n) is 12.2. The zero-order chi connectivity index (χ0) is 31.9. The number of anilines is 3. The van der Waals surface area contributed by atoms with Crippen molar-refractivity contribution in [1.29, 1.82) is 0 Å². The van der Waals surface area contributed by atoms with Crippen LogP contribution in [0.15, 0.2) is 194 Å². The van der Waals surface area contributed by atoms with Gasteiger partial charge in [0, 0.05) is 33.2 Å². The Hall–Kier alpha value is -6.38. The van der Waals surface area contributed by atoms with Crippen LogP contribution in [-0.2, 0) is 0 Å². The maximum Gasteiger partial charge on any atom is 0.0547 e. The largest absolute Gasteiger partial charge is 0.310 e. The first kappa shape index (κ1) is 27.9. The summed E-state index contributed by atoms with van der Waals surface area (Å²) in [5.41, 5.74) is 11.7. The summed E-state index contributed by atoms with van der Waals surface area (Å²) in [4.78, 5) is 2.39. The molecule has 0 aliphatic carbocycles. The molecule has 0 aliphatic rings. The predicted molar refractivity (Wildman–Crippen MR) is 204 cm³/mol. The normalized spacial score (nSPS) is 11.3. The second kappa shape index (κ2) is 11.8. The quantitative estimate of drug-likeness (QED) is 0.181. The minimum Gasteiger partial charge on any atom is -0.310 e. The monoisotopic (exact) mass is 612 g/mol. The number of benzene rings is 8. The molecular formula is C46H32N2. The molecule has 8 aromatic carbocycles. The van der Waals surface area contributed by atoms with Crippen LogP contribution in [0.2, 0.25) is 0 Å². The lowest BCUT2D eigenvalue weighted by Gasteiger charge is -2.27. The molecule has 0 atom stereocenters. The molecule has 2 heteroatoms. The van der Waals surface area contributed by atoms with E-state index in [0.717, 1.165) is 22.7 Å². The molecule has 0 fully saturated rings. The molecule has 226 valence electrons. The van der Waals surface area contributed by atoms with Gasteiger partial charge in [0.05, 0.1) is 16.7 Å². The lowest BCUT2D eigenvalue weighted by Crippen LogP contribution is -2.10. The Kier molecular flexibility index (Phi) is 6.84. The highest BCUT2D eigenvalue weighted by Crippen LogP contribution is 2.41. The highest BCUT2D eigenvalue weighted by molar-refractivity contribution is 6.10. The molecule has 9 rings (SSSR count). The van der Waals surface area contributed by atoms with Crippen molar-refractivity contribution in [1.82, 2.24) is 4.57 Å². The molecule has 48 heavy (non-hydrogen) atoms. The summed E-state index contributed by atoms with van der Waals surface area (Å²) in [5, 5.41) is 4.95. The van der Waals surface area contributed by atoms with Gasteiger partial charge in [-0.25, -0.2) is 0 Å². The third-order valence-corrected chi connectivity index (χ3v) is 9.37. The molecule has 0 saturated carbocycles. The maximum atomic E-state index is 2.39. The molecule has 9 aromatic rings. The number of nitrogens with zero attached hydrogens (tertiary/aromatic N) is 2. The highest BCUT2D eigenvalue weighted by atomic mass is 15.1. The summed E-state index contributed by atoms with van der Waals surface area (Å²) in [6.07, 6.45) is 0. The first-order chi connectivity index (χ1) is 23.8. The van der Waals surface area contributed by atoms with Crippen LogP contribution in [0.4, 0.5) is 17.1 Å². The van der Waals surface area contributed by atoms with E-state index in [1.54, 1.807) is 0 Å². The van der Waals surface area contributed by atoms with E-state index in [4.69, 9.17) is 0 Å². The van der Waals surface area contributed by atoms with Crippen molar-refractivity contribution in [3.05, 3.63) is 194 Å². The fraction of sp³-hybridized carbons (Fsp3) is 0. The van der Waals surface area contributed by atoms with Crippen LogP contribution in [-0.4, -0.2) is 4.57 Å². The molecular weight excluding hydrogens is 581 g/mol. The molecule has 1 aromatic heterocycles. The number of aromatic nitrogens is 1. The van der Waals surface area contributed by atoms with Crippen LogP contribution in [0.3, 0.4) is 0 Å². The van der Waals surface area contributed by atoms with Gasteiger partial charge in [-0.3, -0.25) is 0 Å². The van der Waals surface area contributed by atoms with E-state index in [9.17, 15) is 0 Å². The van der Waals surface area contributed by atoms with Gasteiger partial charge in [0.15, 0.2) is 0 Å². The van der Waals surface area contributed by atoms with E-state index in [1.165, 1.54) is 54.8 Å². The third-order valence-electron chi connectivity index (χ3n) is 9.37. The van der Waals surface area contributed by atoms with Crippen LogP contribution in [0, 0.1) is 0 Å². The van der Waals surface area contributed by atoms with Gasteiger partial charge in [-0.05, 0) is 82.2 Å². The SMILES string of the molecule is c1ccc(-c2ccc(N(c3cccc(-c4ccc5c6ccccc6n(-c6ccccc6)c5c4)c3)c3cccc4ccccc34)cc2)cc1. The fourth-order valence-electron chi connectivity index (χ4n) is 7.09. The Morgan fingerprint density at radius 3 is 1.75 bits per heavy atom. The molecule has 0 bridgehead atoms. The highest BCUT2D eigenvalue weighted by Gasteiger charge is 2.17. The fourth-order valence-corrected chi connectivity index (χ4v) is 7.09. The summed E-state index contributed by atoms with van der Waals surface area (Å²) in [5.74, 6) is 0. The minimum atomic E-state index is 1.11. The van der Waals surface area contributed by atoms with Crippen molar-refractivity contribution >= 4 is 49.6 Å². The summed E-state index contributed by atoms with van der Waals surface area (Å²) in [6.45, 7) is 0. The van der Waals surface area contributed by atoms with E-state index in [-0.39, 0.29) is 0 Å². The number of hydrogen-bond donors (Lipinski definition) is 0. The molecule has 0 spiro atoms. The number of hydrogen-bond acceptors (Lipinski definition) is 1. The van der Waals surface area contributed by atoms with Crippen molar-refractivity contribution in [3.63, 3.8) is 0 Å². The van der Waals surface area contributed by atoms with E-state index in [1.807, 2.05) is 0 Å². The lowest BCUT2D eigenvalue weighted by atomic mass is 10.0. The van der Waals surface area contributed by atoms with Crippen molar-refractivity contribution < 1.29 is 0 Å². The molecule has 0 saturated heterocycles. The Bertz CT molecular complexity index is 2540. The molecule has 0 unspecified atom stereocenters. The van der Waals surface area contributed by atoms with Gasteiger partial charge >= 0.3 is 0 Å². The zero-order valence-corrected chi connectivity index (χ0v) is 26.4. The van der Waals surface area contributed by atoms with E-state index >= 15 is 0 Å². The van der Waals surface area contributed by atoms with Crippen LogP contribution >= 0.6 is 0 Å². The van der Waals surface area contributed by atoms with Crippen LogP contribution < -0.4 is 4.90 Å². The van der Waals surface area contributed by atoms with E-state index in [2.05, 4.69) is 204 Å². The number of fused-ring (bicyclic) bond motifs is 4. The molecule has 1 heterocycles. The van der Waals surface area contributed by atoms with Crippen LogP contribution in [0.25, 0.3) is 60.5 Å². The lowest BCUT2D eigenvalue weighted by molar-refractivity contribution is 1.18. The Labute approximate surface area is 280 Å². The molecule has 0 N–H and O–H groups in total. The van der Waals surface area contributed by atoms with Gasteiger partial charge in [0.1, 0.15) is 0 Å².